The van der Waals surface area contributed by atoms with E-state index in [0.717, 1.165) is 12.1 Å². The molecule has 0 aliphatic heterocycles. The van der Waals surface area contributed by atoms with Crippen molar-refractivity contribution in [2.45, 2.75) is 6.61 Å². The molecule has 158 valence electrons. The van der Waals surface area contributed by atoms with E-state index < -0.39 is 17.5 Å². The molecule has 0 saturated heterocycles. The van der Waals surface area contributed by atoms with Gasteiger partial charge >= 0.3 is 0 Å². The molecule has 1 heterocycles. The number of hydrogen-bond acceptors (Lipinski definition) is 3. The molecule has 1 aromatic heterocycles. The number of nitrogens with one attached hydrogen (secondary N) is 1. The molecule has 0 aliphatic carbocycles. The van der Waals surface area contributed by atoms with E-state index in [4.69, 9.17) is 21.1 Å². The average Bonchev–Trinajstić information content (AvgIpc) is 3.25. The summed E-state index contributed by atoms with van der Waals surface area (Å²) in [5.74, 6) is -0.962. The number of ether oxygens (including phenoxy) is 2. The fourth-order valence-corrected chi connectivity index (χ4v) is 3.19. The van der Waals surface area contributed by atoms with Crippen molar-refractivity contribution in [1.82, 2.24) is 9.97 Å². The second-order valence-electron chi connectivity index (χ2n) is 6.66. The summed E-state index contributed by atoms with van der Waals surface area (Å²) in [5.41, 5.74) is 2.09. The molecule has 0 fully saturated rings. The zero-order valence-electron chi connectivity index (χ0n) is 16.3. The van der Waals surface area contributed by atoms with Crippen LogP contribution in [0, 0.1) is 17.5 Å². The average molecular weight is 445 g/mol. The molecule has 0 atom stereocenters. The topological polar surface area (TPSA) is 47.1 Å². The van der Waals surface area contributed by atoms with Gasteiger partial charge in [-0.15, -0.1) is 0 Å². The first-order chi connectivity index (χ1) is 14.9. The number of benzene rings is 3. The lowest BCUT2D eigenvalue weighted by molar-refractivity contribution is 0.297. The minimum absolute atomic E-state index is 0.0237. The second kappa shape index (κ2) is 8.73. The Morgan fingerprint density at radius 3 is 2.52 bits per heavy atom. The van der Waals surface area contributed by atoms with Crippen molar-refractivity contribution < 1.29 is 22.6 Å². The molecule has 0 spiro atoms. The number of aromatic nitrogens is 2. The van der Waals surface area contributed by atoms with Crippen molar-refractivity contribution in [3.8, 4) is 34.1 Å². The maximum atomic E-state index is 13.9. The van der Waals surface area contributed by atoms with Crippen LogP contribution in [0.25, 0.3) is 22.6 Å². The molecular formula is C23H16ClF3N2O2. The van der Waals surface area contributed by atoms with Crippen molar-refractivity contribution in [3.63, 3.8) is 0 Å². The molecule has 0 amide bonds. The molecule has 4 aromatic rings. The Balaban J connectivity index is 1.55. The van der Waals surface area contributed by atoms with E-state index in [9.17, 15) is 13.2 Å². The summed E-state index contributed by atoms with van der Waals surface area (Å²) in [4.78, 5) is 7.31. The van der Waals surface area contributed by atoms with Crippen molar-refractivity contribution in [2.75, 3.05) is 7.11 Å². The summed E-state index contributed by atoms with van der Waals surface area (Å²) in [6.45, 7) is 0.0237. The van der Waals surface area contributed by atoms with Crippen LogP contribution in [-0.4, -0.2) is 17.1 Å². The molecule has 31 heavy (non-hydrogen) atoms. The maximum Gasteiger partial charge on any atom is 0.159 e. The van der Waals surface area contributed by atoms with Crippen molar-refractivity contribution in [2.24, 2.45) is 0 Å². The van der Waals surface area contributed by atoms with Gasteiger partial charge in [0.25, 0.3) is 0 Å². The Labute approximate surface area is 181 Å². The van der Waals surface area contributed by atoms with Gasteiger partial charge in [0.1, 0.15) is 29.7 Å². The third kappa shape index (κ3) is 4.51. The van der Waals surface area contributed by atoms with Crippen LogP contribution in [0.1, 0.15) is 5.56 Å². The zero-order chi connectivity index (χ0) is 22.0. The van der Waals surface area contributed by atoms with Crippen LogP contribution in [0.15, 0.2) is 60.8 Å². The lowest BCUT2D eigenvalue weighted by Gasteiger charge is -2.11. The lowest BCUT2D eigenvalue weighted by atomic mass is 10.1. The first kappa shape index (κ1) is 20.8. The molecule has 0 bridgehead atoms. The standard InChI is InChI=1S/C23H16ClF3N2O2/c1-30-22-10-16(31-12-14-2-4-15(24)9-19(14)26)5-6-17(22)21-11-28-23(29-21)13-3-7-18(25)20(27)8-13/h2-11H,12H2,1H3,(H,28,29). The van der Waals surface area contributed by atoms with Gasteiger partial charge in [0.05, 0.1) is 19.0 Å². The molecule has 4 nitrogen and oxygen atoms in total. The van der Waals surface area contributed by atoms with Gasteiger partial charge in [-0.2, -0.15) is 0 Å². The van der Waals surface area contributed by atoms with Gasteiger partial charge in [0.2, 0.25) is 0 Å². The van der Waals surface area contributed by atoms with E-state index in [-0.39, 0.29) is 6.61 Å². The van der Waals surface area contributed by atoms with Crippen molar-refractivity contribution in [3.05, 3.63) is 88.8 Å². The highest BCUT2D eigenvalue weighted by atomic mass is 35.5. The molecule has 3 aromatic carbocycles. The van der Waals surface area contributed by atoms with Gasteiger partial charge in [-0.1, -0.05) is 17.7 Å². The summed E-state index contributed by atoms with van der Waals surface area (Å²) in [6, 6.07) is 13.1. The molecule has 1 N–H and O–H groups in total. The van der Waals surface area contributed by atoms with Gasteiger partial charge in [0.15, 0.2) is 11.6 Å². The summed E-state index contributed by atoms with van der Waals surface area (Å²) in [7, 11) is 1.51. The summed E-state index contributed by atoms with van der Waals surface area (Å²) in [5, 5.41) is 0.314. The first-order valence-electron chi connectivity index (χ1n) is 9.20. The predicted octanol–water partition coefficient (Wildman–Crippen LogP) is 6.40. The third-order valence-corrected chi connectivity index (χ3v) is 4.88. The largest absolute Gasteiger partial charge is 0.496 e. The highest BCUT2D eigenvalue weighted by Gasteiger charge is 2.13. The zero-order valence-corrected chi connectivity index (χ0v) is 17.0. The lowest BCUT2D eigenvalue weighted by Crippen LogP contribution is -1.99. The molecule has 0 unspecified atom stereocenters. The van der Waals surface area contributed by atoms with E-state index in [1.165, 1.54) is 19.2 Å². The normalized spacial score (nSPS) is 10.9. The fourth-order valence-electron chi connectivity index (χ4n) is 3.03. The monoisotopic (exact) mass is 444 g/mol. The maximum absolute atomic E-state index is 13.9. The number of hydrogen-bond donors (Lipinski definition) is 1. The molecule has 0 aliphatic rings. The number of methoxy groups -OCH3 is 1. The summed E-state index contributed by atoms with van der Waals surface area (Å²) >= 11 is 5.76. The summed E-state index contributed by atoms with van der Waals surface area (Å²) < 4.78 is 51.7. The van der Waals surface area contributed by atoms with Gasteiger partial charge in [-0.25, -0.2) is 18.2 Å². The number of aromatic amines is 1. The fraction of sp³-hybridized carbons (Fsp3) is 0.0870. The van der Waals surface area contributed by atoms with Crippen LogP contribution in [0.5, 0.6) is 11.5 Å². The van der Waals surface area contributed by atoms with Crippen LogP contribution in [-0.2, 0) is 6.61 Å². The Morgan fingerprint density at radius 1 is 0.935 bits per heavy atom. The van der Waals surface area contributed by atoms with Crippen LogP contribution in [0.2, 0.25) is 5.02 Å². The number of imidazole rings is 1. The summed E-state index contributed by atoms with van der Waals surface area (Å²) in [6.07, 6.45) is 1.57. The molecule has 0 radical (unpaired) electrons. The van der Waals surface area contributed by atoms with E-state index >= 15 is 0 Å². The number of rotatable bonds is 6. The second-order valence-corrected chi connectivity index (χ2v) is 7.10. The minimum atomic E-state index is -0.952. The van der Waals surface area contributed by atoms with Crippen LogP contribution >= 0.6 is 11.6 Å². The van der Waals surface area contributed by atoms with Crippen molar-refractivity contribution >= 4 is 11.6 Å². The van der Waals surface area contributed by atoms with E-state index in [2.05, 4.69) is 9.97 Å². The van der Waals surface area contributed by atoms with E-state index in [1.807, 2.05) is 0 Å². The van der Waals surface area contributed by atoms with Crippen LogP contribution in [0.3, 0.4) is 0 Å². The molecule has 4 rings (SSSR count). The smallest absolute Gasteiger partial charge is 0.159 e. The Hall–Kier alpha value is -3.45. The Morgan fingerprint density at radius 2 is 1.77 bits per heavy atom. The van der Waals surface area contributed by atoms with Gasteiger partial charge in [-0.05, 0) is 42.5 Å². The van der Waals surface area contributed by atoms with Gasteiger partial charge < -0.3 is 14.5 Å². The quantitative estimate of drug-likeness (QED) is 0.374. The molecular weight excluding hydrogens is 429 g/mol. The minimum Gasteiger partial charge on any atom is -0.496 e. The number of H-pyrrole nitrogens is 1. The molecule has 8 heteroatoms. The highest BCUT2D eigenvalue weighted by Crippen LogP contribution is 2.34. The van der Waals surface area contributed by atoms with E-state index in [0.29, 0.717) is 44.7 Å². The first-order valence-corrected chi connectivity index (χ1v) is 9.58. The van der Waals surface area contributed by atoms with Crippen LogP contribution in [0.4, 0.5) is 13.2 Å². The number of halogens is 4. The van der Waals surface area contributed by atoms with E-state index in [1.54, 1.807) is 36.5 Å². The van der Waals surface area contributed by atoms with Crippen molar-refractivity contribution in [1.29, 1.82) is 0 Å². The molecule has 0 saturated carbocycles. The van der Waals surface area contributed by atoms with Gasteiger partial charge in [-0.3, -0.25) is 0 Å². The number of nitrogens with zero attached hydrogens (tertiary/aromatic N) is 1. The SMILES string of the molecule is COc1cc(OCc2ccc(Cl)cc2F)ccc1-c1cnc(-c2ccc(F)c(F)c2)[nH]1. The predicted molar refractivity (Wildman–Crippen MR) is 112 cm³/mol. The highest BCUT2D eigenvalue weighted by molar-refractivity contribution is 6.30. The van der Waals surface area contributed by atoms with Gasteiger partial charge in [0, 0.05) is 27.8 Å². The Bertz CT molecular complexity index is 1240. The third-order valence-electron chi connectivity index (χ3n) is 4.64. The Kier molecular flexibility index (Phi) is 5.86. The van der Waals surface area contributed by atoms with Crippen LogP contribution < -0.4 is 9.47 Å².